The third kappa shape index (κ3) is 3.24. The minimum absolute atomic E-state index is 0.272. The lowest BCUT2D eigenvalue weighted by molar-refractivity contribution is 0.0113. The second-order valence-corrected chi connectivity index (χ2v) is 5.40. The summed E-state index contributed by atoms with van der Waals surface area (Å²) in [6, 6.07) is 6.21. The van der Waals surface area contributed by atoms with Crippen LogP contribution in [0.5, 0.6) is 0 Å². The Morgan fingerprint density at radius 1 is 1.24 bits per heavy atom. The van der Waals surface area contributed by atoms with Gasteiger partial charge in [-0.2, -0.15) is 0 Å². The van der Waals surface area contributed by atoms with Gasteiger partial charge >= 0.3 is 0 Å². The number of nitrogens with two attached hydrogens (primary N) is 1. The van der Waals surface area contributed by atoms with Crippen molar-refractivity contribution in [2.24, 2.45) is 0 Å². The standard InChI is InChI=1S/C16H19FN2O2/c17-12-6-4-11(5-7-12)15-14(19-21-16(15)18)9-8-13-3-1-2-10-20-13/h4-7,13H,1-3,8-10,18H2. The fraction of sp³-hybridized carbons (Fsp3) is 0.438. The van der Waals surface area contributed by atoms with Gasteiger partial charge in [0, 0.05) is 6.61 Å². The molecule has 2 N–H and O–H groups in total. The Balaban J connectivity index is 1.75. The highest BCUT2D eigenvalue weighted by molar-refractivity contribution is 5.74. The number of nitrogen functional groups attached to an aromatic ring is 1. The Bertz CT molecular complexity index is 589. The van der Waals surface area contributed by atoms with E-state index in [0.29, 0.717) is 0 Å². The number of aromatic nitrogens is 1. The molecule has 0 saturated carbocycles. The van der Waals surface area contributed by atoms with E-state index in [2.05, 4.69) is 5.16 Å². The monoisotopic (exact) mass is 290 g/mol. The summed E-state index contributed by atoms with van der Waals surface area (Å²) < 4.78 is 23.9. The van der Waals surface area contributed by atoms with Crippen molar-refractivity contribution in [1.82, 2.24) is 5.16 Å². The Labute approximate surface area is 123 Å². The lowest BCUT2D eigenvalue weighted by Crippen LogP contribution is -2.19. The van der Waals surface area contributed by atoms with Gasteiger partial charge in [0.2, 0.25) is 5.88 Å². The molecule has 112 valence electrons. The van der Waals surface area contributed by atoms with E-state index in [-0.39, 0.29) is 17.8 Å². The minimum atomic E-state index is -0.272. The summed E-state index contributed by atoms with van der Waals surface area (Å²) >= 11 is 0. The van der Waals surface area contributed by atoms with Gasteiger partial charge in [0.15, 0.2) is 0 Å². The maximum absolute atomic E-state index is 13.0. The zero-order valence-corrected chi connectivity index (χ0v) is 11.8. The molecule has 1 saturated heterocycles. The van der Waals surface area contributed by atoms with Crippen molar-refractivity contribution in [2.75, 3.05) is 12.3 Å². The van der Waals surface area contributed by atoms with Gasteiger partial charge < -0.3 is 15.0 Å². The second-order valence-electron chi connectivity index (χ2n) is 5.40. The normalized spacial score (nSPS) is 18.8. The summed E-state index contributed by atoms with van der Waals surface area (Å²) in [5.74, 6) is 0.00658. The molecule has 1 aliphatic rings. The highest BCUT2D eigenvalue weighted by Crippen LogP contribution is 2.31. The number of rotatable bonds is 4. The number of hydrogen-bond donors (Lipinski definition) is 1. The van der Waals surface area contributed by atoms with Crippen LogP contribution in [0.25, 0.3) is 11.1 Å². The number of halogens is 1. The van der Waals surface area contributed by atoms with Crippen molar-refractivity contribution >= 4 is 5.88 Å². The zero-order chi connectivity index (χ0) is 14.7. The molecular formula is C16H19FN2O2. The molecule has 1 atom stereocenters. The molecular weight excluding hydrogens is 271 g/mol. The maximum Gasteiger partial charge on any atom is 0.230 e. The molecule has 2 aromatic rings. The molecule has 0 aliphatic carbocycles. The van der Waals surface area contributed by atoms with E-state index in [1.165, 1.54) is 18.6 Å². The first-order chi connectivity index (χ1) is 10.2. The molecule has 1 unspecified atom stereocenters. The number of anilines is 1. The number of aryl methyl sites for hydroxylation is 1. The summed E-state index contributed by atoms with van der Waals surface area (Å²) in [4.78, 5) is 0. The lowest BCUT2D eigenvalue weighted by Gasteiger charge is -2.22. The molecule has 2 heterocycles. The SMILES string of the molecule is Nc1onc(CCC2CCCCO2)c1-c1ccc(F)cc1. The predicted molar refractivity (Wildman–Crippen MR) is 78.2 cm³/mol. The molecule has 1 aromatic carbocycles. The van der Waals surface area contributed by atoms with E-state index >= 15 is 0 Å². The van der Waals surface area contributed by atoms with E-state index < -0.39 is 0 Å². The van der Waals surface area contributed by atoms with Gasteiger partial charge in [-0.3, -0.25) is 0 Å². The fourth-order valence-electron chi connectivity index (χ4n) is 2.77. The van der Waals surface area contributed by atoms with Crippen LogP contribution in [0.15, 0.2) is 28.8 Å². The van der Waals surface area contributed by atoms with E-state index in [9.17, 15) is 4.39 Å². The summed E-state index contributed by atoms with van der Waals surface area (Å²) in [5, 5.41) is 4.05. The first kappa shape index (κ1) is 14.1. The van der Waals surface area contributed by atoms with Crippen LogP contribution in [-0.2, 0) is 11.2 Å². The third-order valence-corrected chi connectivity index (χ3v) is 3.90. The van der Waals surface area contributed by atoms with E-state index in [4.69, 9.17) is 15.0 Å². The van der Waals surface area contributed by atoms with Gasteiger partial charge in [-0.1, -0.05) is 17.3 Å². The lowest BCUT2D eigenvalue weighted by atomic mass is 9.99. The molecule has 1 fully saturated rings. The van der Waals surface area contributed by atoms with Gasteiger partial charge in [-0.05, 0) is 49.8 Å². The van der Waals surface area contributed by atoms with E-state index in [0.717, 1.165) is 49.1 Å². The summed E-state index contributed by atoms with van der Waals surface area (Å²) in [7, 11) is 0. The van der Waals surface area contributed by atoms with Crippen LogP contribution in [0.1, 0.15) is 31.4 Å². The molecule has 1 aromatic heterocycles. The van der Waals surface area contributed by atoms with Crippen LogP contribution in [0.3, 0.4) is 0 Å². The fourth-order valence-corrected chi connectivity index (χ4v) is 2.77. The second kappa shape index (κ2) is 6.26. The Hall–Kier alpha value is -1.88. The molecule has 0 spiro atoms. The van der Waals surface area contributed by atoms with E-state index in [1.807, 2.05) is 0 Å². The summed E-state index contributed by atoms with van der Waals surface area (Å²) in [6.07, 6.45) is 5.40. The Kier molecular flexibility index (Phi) is 4.20. The highest BCUT2D eigenvalue weighted by atomic mass is 19.1. The quantitative estimate of drug-likeness (QED) is 0.935. The molecule has 4 nitrogen and oxygen atoms in total. The van der Waals surface area contributed by atoms with Crippen LogP contribution in [-0.4, -0.2) is 17.9 Å². The van der Waals surface area contributed by atoms with Crippen molar-refractivity contribution in [3.63, 3.8) is 0 Å². The van der Waals surface area contributed by atoms with Gasteiger partial charge in [0.05, 0.1) is 17.4 Å². The first-order valence-electron chi connectivity index (χ1n) is 7.35. The smallest absolute Gasteiger partial charge is 0.230 e. The number of ether oxygens (including phenoxy) is 1. The Morgan fingerprint density at radius 2 is 2.05 bits per heavy atom. The summed E-state index contributed by atoms with van der Waals surface area (Å²) in [5.41, 5.74) is 8.28. The highest BCUT2D eigenvalue weighted by Gasteiger charge is 2.19. The molecule has 3 rings (SSSR count). The first-order valence-corrected chi connectivity index (χ1v) is 7.35. The zero-order valence-electron chi connectivity index (χ0n) is 11.8. The van der Waals surface area contributed by atoms with Crippen molar-refractivity contribution < 1.29 is 13.7 Å². The Morgan fingerprint density at radius 3 is 2.76 bits per heavy atom. The molecule has 0 amide bonds. The van der Waals surface area contributed by atoms with Crippen LogP contribution in [0.2, 0.25) is 0 Å². The van der Waals surface area contributed by atoms with E-state index in [1.54, 1.807) is 12.1 Å². The van der Waals surface area contributed by atoms with Crippen molar-refractivity contribution in [3.05, 3.63) is 35.8 Å². The van der Waals surface area contributed by atoms with Crippen LogP contribution in [0.4, 0.5) is 10.3 Å². The molecule has 5 heteroatoms. The van der Waals surface area contributed by atoms with Crippen LogP contribution < -0.4 is 5.73 Å². The van der Waals surface area contributed by atoms with Gasteiger partial charge in [-0.25, -0.2) is 4.39 Å². The molecule has 0 bridgehead atoms. The number of benzene rings is 1. The third-order valence-electron chi connectivity index (χ3n) is 3.90. The average molecular weight is 290 g/mol. The van der Waals surface area contributed by atoms with Gasteiger partial charge in [0.1, 0.15) is 5.82 Å². The largest absolute Gasteiger partial charge is 0.378 e. The van der Waals surface area contributed by atoms with Crippen LogP contribution in [0, 0.1) is 5.82 Å². The van der Waals surface area contributed by atoms with Crippen LogP contribution >= 0.6 is 0 Å². The number of nitrogens with zero attached hydrogens (tertiary/aromatic N) is 1. The van der Waals surface area contributed by atoms with Gasteiger partial charge in [0.25, 0.3) is 0 Å². The maximum atomic E-state index is 13.0. The van der Waals surface area contributed by atoms with Crippen molar-refractivity contribution in [2.45, 2.75) is 38.2 Å². The van der Waals surface area contributed by atoms with Crippen molar-refractivity contribution in [1.29, 1.82) is 0 Å². The molecule has 0 radical (unpaired) electrons. The predicted octanol–water partition coefficient (Wildman–Crippen LogP) is 3.56. The molecule has 21 heavy (non-hydrogen) atoms. The average Bonchev–Trinajstić information content (AvgIpc) is 2.88. The molecule has 1 aliphatic heterocycles. The summed E-state index contributed by atoms with van der Waals surface area (Å²) in [6.45, 7) is 0.844. The topological polar surface area (TPSA) is 61.3 Å². The van der Waals surface area contributed by atoms with Crippen molar-refractivity contribution in [3.8, 4) is 11.1 Å². The minimum Gasteiger partial charge on any atom is -0.378 e. The number of hydrogen-bond acceptors (Lipinski definition) is 4. The van der Waals surface area contributed by atoms with Gasteiger partial charge in [-0.15, -0.1) is 0 Å².